The third-order valence-electron chi connectivity index (χ3n) is 2.94. The Morgan fingerprint density at radius 3 is 2.94 bits per heavy atom. The molecule has 0 amide bonds. The summed E-state index contributed by atoms with van der Waals surface area (Å²) in [6.45, 7) is 0.0647. The molecule has 7 nitrogen and oxygen atoms in total. The summed E-state index contributed by atoms with van der Waals surface area (Å²) in [7, 11) is 1.68. The largest absolute Gasteiger partial charge is 0.395 e. The molecule has 0 saturated carbocycles. The number of nitrogens with one attached hydrogen (secondary N) is 1. The average Bonchev–Trinajstić information content (AvgIpc) is 2.66. The van der Waals surface area contributed by atoms with Crippen LogP contribution in [0.3, 0.4) is 0 Å². The van der Waals surface area contributed by atoms with Crippen molar-refractivity contribution in [3.8, 4) is 0 Å². The zero-order valence-corrected chi connectivity index (χ0v) is 9.80. The van der Waals surface area contributed by atoms with Crippen LogP contribution in [0.2, 0.25) is 0 Å². The fourth-order valence-corrected chi connectivity index (χ4v) is 1.95. The first-order valence-corrected chi connectivity index (χ1v) is 5.51. The zero-order chi connectivity index (χ0) is 13.3. The van der Waals surface area contributed by atoms with Crippen LogP contribution in [0.5, 0.6) is 0 Å². The number of H-pyrrole nitrogens is 1. The van der Waals surface area contributed by atoms with Crippen molar-refractivity contribution in [2.24, 2.45) is 0 Å². The van der Waals surface area contributed by atoms with E-state index in [1.807, 2.05) is 4.98 Å². The van der Waals surface area contributed by atoms with Crippen LogP contribution in [0.4, 0.5) is 4.39 Å². The molecule has 1 aliphatic rings. The summed E-state index contributed by atoms with van der Waals surface area (Å²) in [5.74, 6) is -1.01. The Morgan fingerprint density at radius 2 is 2.33 bits per heavy atom. The second kappa shape index (κ2) is 5.01. The Kier molecular flexibility index (Phi) is 3.60. The van der Waals surface area contributed by atoms with Crippen LogP contribution in [0, 0.1) is 5.82 Å². The minimum absolute atomic E-state index is 0.0537. The van der Waals surface area contributed by atoms with Gasteiger partial charge in [0.15, 0.2) is 0 Å². The number of rotatable bonds is 3. The maximum Gasteiger partial charge on any atom is 0.328 e. The van der Waals surface area contributed by atoms with Gasteiger partial charge in [-0.25, -0.2) is 4.79 Å². The summed E-state index contributed by atoms with van der Waals surface area (Å²) in [4.78, 5) is 29.6. The highest BCUT2D eigenvalue weighted by molar-refractivity contribution is 4.88. The van der Waals surface area contributed by atoms with Crippen LogP contribution >= 0.6 is 0 Å². The zero-order valence-electron chi connectivity index (χ0n) is 9.80. The Balaban J connectivity index is 2.14. The predicted molar refractivity (Wildman–Crippen MR) is 59.4 cm³/mol. The highest BCUT2D eigenvalue weighted by atomic mass is 19.1. The number of halogens is 1. The second-order valence-electron chi connectivity index (χ2n) is 4.23. The van der Waals surface area contributed by atoms with Gasteiger partial charge in [-0.05, 0) is 6.42 Å². The number of nitrogens with zero attached hydrogens (tertiary/aromatic N) is 2. The van der Waals surface area contributed by atoms with Crippen LogP contribution in [-0.4, -0.2) is 45.5 Å². The maximum atomic E-state index is 13.1. The number of aromatic amines is 1. The average molecular weight is 259 g/mol. The van der Waals surface area contributed by atoms with Gasteiger partial charge in [0.2, 0.25) is 5.82 Å². The number of hydroxylamine groups is 2. The van der Waals surface area contributed by atoms with Crippen LogP contribution in [-0.2, 0) is 11.4 Å². The van der Waals surface area contributed by atoms with E-state index in [4.69, 9.17) is 9.94 Å². The third kappa shape index (κ3) is 2.50. The van der Waals surface area contributed by atoms with Crippen molar-refractivity contribution in [3.63, 3.8) is 0 Å². The molecule has 1 aromatic heterocycles. The highest BCUT2D eigenvalue weighted by Crippen LogP contribution is 2.19. The van der Waals surface area contributed by atoms with E-state index in [9.17, 15) is 14.0 Å². The molecule has 8 heteroatoms. The van der Waals surface area contributed by atoms with E-state index in [1.54, 1.807) is 7.05 Å². The summed E-state index contributed by atoms with van der Waals surface area (Å²) in [5, 5.41) is 10.6. The summed E-state index contributed by atoms with van der Waals surface area (Å²) in [6, 6.07) is -0.140. The summed E-state index contributed by atoms with van der Waals surface area (Å²) < 4.78 is 14.1. The van der Waals surface area contributed by atoms with Gasteiger partial charge in [-0.1, -0.05) is 0 Å². The van der Waals surface area contributed by atoms with Gasteiger partial charge in [0.05, 0.1) is 31.5 Å². The molecule has 0 spiro atoms. The van der Waals surface area contributed by atoms with Crippen molar-refractivity contribution in [1.29, 1.82) is 0 Å². The van der Waals surface area contributed by atoms with Crippen molar-refractivity contribution < 1.29 is 14.3 Å². The number of hydrogen-bond acceptors (Lipinski definition) is 5. The maximum absolute atomic E-state index is 13.1. The lowest BCUT2D eigenvalue weighted by Crippen LogP contribution is -2.34. The van der Waals surface area contributed by atoms with Crippen molar-refractivity contribution in [1.82, 2.24) is 14.6 Å². The normalized spacial score (nSPS) is 24.6. The molecule has 0 bridgehead atoms. The van der Waals surface area contributed by atoms with Gasteiger partial charge >= 0.3 is 5.69 Å². The first-order valence-electron chi connectivity index (χ1n) is 5.51. The molecule has 2 heterocycles. The molecule has 2 atom stereocenters. The van der Waals surface area contributed by atoms with E-state index < -0.39 is 17.1 Å². The van der Waals surface area contributed by atoms with E-state index >= 15 is 0 Å². The Hall–Kier alpha value is -1.51. The lowest BCUT2D eigenvalue weighted by atomic mass is 10.1. The fraction of sp³-hybridized carbons (Fsp3) is 0.600. The van der Waals surface area contributed by atoms with Crippen LogP contribution in [0.25, 0.3) is 0 Å². The first kappa shape index (κ1) is 12.9. The first-order chi connectivity index (χ1) is 8.51. The summed E-state index contributed by atoms with van der Waals surface area (Å²) in [5.41, 5.74) is -1.71. The number of hydrogen-bond donors (Lipinski definition) is 2. The van der Waals surface area contributed by atoms with E-state index in [1.165, 1.54) is 5.06 Å². The van der Waals surface area contributed by atoms with Crippen molar-refractivity contribution >= 4 is 0 Å². The fourth-order valence-electron chi connectivity index (χ4n) is 1.95. The molecule has 0 aromatic carbocycles. The van der Waals surface area contributed by atoms with Gasteiger partial charge in [-0.15, -0.1) is 0 Å². The minimum atomic E-state index is -1.03. The molecule has 1 aromatic rings. The molecule has 2 N–H and O–H groups in total. The van der Waals surface area contributed by atoms with Gasteiger partial charge in [-0.2, -0.15) is 9.45 Å². The van der Waals surface area contributed by atoms with Gasteiger partial charge in [0, 0.05) is 7.05 Å². The van der Waals surface area contributed by atoms with E-state index in [2.05, 4.69) is 0 Å². The highest BCUT2D eigenvalue weighted by Gasteiger charge is 2.30. The minimum Gasteiger partial charge on any atom is -0.395 e. The standard InChI is InChI=1S/C10H14FN3O4/c1-13-6(5-15)2-7(18-13)3-14-4-8(11)9(16)12-10(14)17/h4,6-7,15H,2-3,5H2,1H3,(H,12,16,17)/t6-,7+/m0/s1. The molecule has 18 heavy (non-hydrogen) atoms. The SMILES string of the molecule is CN1O[C@@H](Cn2cc(F)c(=O)[nH]c2=O)C[C@H]1CO. The molecule has 0 aliphatic carbocycles. The lowest BCUT2D eigenvalue weighted by molar-refractivity contribution is -0.151. The smallest absolute Gasteiger partial charge is 0.328 e. The van der Waals surface area contributed by atoms with Crippen LogP contribution in [0.1, 0.15) is 6.42 Å². The molecular formula is C10H14FN3O4. The third-order valence-corrected chi connectivity index (χ3v) is 2.94. The van der Waals surface area contributed by atoms with Crippen molar-refractivity contribution in [2.45, 2.75) is 25.1 Å². The van der Waals surface area contributed by atoms with Crippen molar-refractivity contribution in [2.75, 3.05) is 13.7 Å². The molecule has 1 saturated heterocycles. The number of aromatic nitrogens is 2. The molecule has 1 fully saturated rings. The quantitative estimate of drug-likeness (QED) is 0.702. The Labute approximate surface area is 101 Å². The van der Waals surface area contributed by atoms with E-state index in [0.29, 0.717) is 6.42 Å². The molecule has 1 aliphatic heterocycles. The van der Waals surface area contributed by atoms with Crippen molar-refractivity contribution in [3.05, 3.63) is 32.9 Å². The monoisotopic (exact) mass is 259 g/mol. The molecule has 0 unspecified atom stereocenters. The molecule has 2 rings (SSSR count). The Bertz CT molecular complexity index is 541. The predicted octanol–water partition coefficient (Wildman–Crippen LogP) is -1.33. The van der Waals surface area contributed by atoms with Gasteiger partial charge in [-0.3, -0.25) is 19.2 Å². The number of aliphatic hydroxyl groups is 1. The van der Waals surface area contributed by atoms with Gasteiger partial charge in [0.25, 0.3) is 5.56 Å². The van der Waals surface area contributed by atoms with Crippen LogP contribution < -0.4 is 11.2 Å². The Morgan fingerprint density at radius 1 is 1.61 bits per heavy atom. The van der Waals surface area contributed by atoms with Gasteiger partial charge < -0.3 is 5.11 Å². The molecular weight excluding hydrogens is 245 g/mol. The summed E-state index contributed by atoms with van der Waals surface area (Å²) in [6.07, 6.45) is 1.05. The number of aliphatic hydroxyl groups excluding tert-OH is 1. The molecule has 0 radical (unpaired) electrons. The topological polar surface area (TPSA) is 87.6 Å². The lowest BCUT2D eigenvalue weighted by Gasteiger charge is -2.14. The van der Waals surface area contributed by atoms with Gasteiger partial charge in [0.1, 0.15) is 0 Å². The second-order valence-corrected chi connectivity index (χ2v) is 4.23. The summed E-state index contributed by atoms with van der Waals surface area (Å²) >= 11 is 0. The molecule has 100 valence electrons. The van der Waals surface area contributed by atoms with E-state index in [-0.39, 0.29) is 25.3 Å². The van der Waals surface area contributed by atoms with E-state index in [0.717, 1.165) is 10.8 Å². The van der Waals surface area contributed by atoms with Crippen LogP contribution in [0.15, 0.2) is 15.8 Å². The number of likely N-dealkylation sites (N-methyl/N-ethyl adjacent to an activating group) is 1.